The van der Waals surface area contributed by atoms with Gasteiger partial charge in [-0.2, -0.15) is 0 Å². The third-order valence-electron chi connectivity index (χ3n) is 2.36. The smallest absolute Gasteiger partial charge is 0.538 e. The summed E-state index contributed by atoms with van der Waals surface area (Å²) < 4.78 is 17.9. The molecule has 0 saturated heterocycles. The van der Waals surface area contributed by atoms with Crippen LogP contribution in [0.25, 0.3) is 0 Å². The van der Waals surface area contributed by atoms with Crippen LogP contribution in [0.5, 0.6) is 0 Å². The zero-order chi connectivity index (χ0) is 15.3. The molecule has 114 valence electrons. The Kier molecular flexibility index (Phi) is 9.10. The number of hydrogen-bond donors (Lipinski definition) is 0. The number of aromatic nitrogens is 2. The third kappa shape index (κ3) is 6.69. The van der Waals surface area contributed by atoms with E-state index in [1.165, 1.54) is 0 Å². The van der Waals surface area contributed by atoms with Gasteiger partial charge >= 0.3 is 25.6 Å². The van der Waals surface area contributed by atoms with Gasteiger partial charge in [0, 0.05) is 24.5 Å². The zero-order valence-corrected chi connectivity index (χ0v) is 14.7. The van der Waals surface area contributed by atoms with E-state index in [1.54, 1.807) is 12.3 Å². The van der Waals surface area contributed by atoms with Crippen LogP contribution < -0.4 is 24.5 Å². The molecular formula is C13H23BClLiN2O3. The summed E-state index contributed by atoms with van der Waals surface area (Å²) in [5, 5.41) is 0.140. The molecule has 0 fully saturated rings. The second-order valence-electron chi connectivity index (χ2n) is 5.45. The predicted molar refractivity (Wildman–Crippen MR) is 81.1 cm³/mol. The number of halogens is 1. The molecule has 5 nitrogen and oxygen atoms in total. The van der Waals surface area contributed by atoms with E-state index >= 15 is 0 Å². The topological polar surface area (TPSA) is 53.5 Å². The van der Waals surface area contributed by atoms with Crippen molar-refractivity contribution in [3.63, 3.8) is 0 Å². The quantitative estimate of drug-likeness (QED) is 0.505. The average Bonchev–Trinajstić information content (AvgIpc) is 2.25. The Bertz CT molecular complexity index is 409. The molecule has 0 saturated carbocycles. The van der Waals surface area contributed by atoms with Gasteiger partial charge in [-0.15, -0.1) is 0 Å². The van der Waals surface area contributed by atoms with Gasteiger partial charge in [0.25, 0.3) is 0 Å². The van der Waals surface area contributed by atoms with E-state index in [9.17, 15) is 0 Å². The minimum atomic E-state index is -2.17. The normalized spacial score (nSPS) is 12.1. The van der Waals surface area contributed by atoms with Gasteiger partial charge in [0.1, 0.15) is 0 Å². The van der Waals surface area contributed by atoms with Crippen LogP contribution in [0.1, 0.15) is 41.5 Å². The Morgan fingerprint density at radius 3 is 1.71 bits per heavy atom. The van der Waals surface area contributed by atoms with Gasteiger partial charge in [-0.3, -0.25) is 4.98 Å². The first-order valence-electron chi connectivity index (χ1n) is 6.91. The maximum Gasteiger partial charge on any atom is 1.00 e. The summed E-state index contributed by atoms with van der Waals surface area (Å²) in [7, 11) is 0. The van der Waals surface area contributed by atoms with Gasteiger partial charge < -0.3 is 14.0 Å². The molecule has 1 heterocycles. The fourth-order valence-corrected chi connectivity index (χ4v) is 2.08. The van der Waals surface area contributed by atoms with Crippen LogP contribution in [0.3, 0.4) is 0 Å². The molecule has 21 heavy (non-hydrogen) atoms. The SMILES string of the molecule is CC(C)O[B-](OC(C)C)(OC(C)C)c1ccnc(Cl)n1.[Li+]. The molecule has 0 aliphatic carbocycles. The standard InChI is InChI=1S/C13H23BClN2O3.Li/c1-9(2)18-14(19-10(3)4,20-11(5)6)12-7-8-16-13(15)17-12;/h7-11H,1-6H3;/q-1;+1. The maximum absolute atomic E-state index is 5.97. The van der Waals surface area contributed by atoms with Crippen LogP contribution in [-0.2, 0) is 14.0 Å². The fraction of sp³-hybridized carbons (Fsp3) is 0.692. The molecule has 0 amide bonds. The van der Waals surface area contributed by atoms with Gasteiger partial charge in [-0.1, -0.05) is 6.07 Å². The maximum atomic E-state index is 5.97. The van der Waals surface area contributed by atoms with Crippen molar-refractivity contribution in [1.29, 1.82) is 0 Å². The molecule has 1 rings (SSSR count). The van der Waals surface area contributed by atoms with Crippen molar-refractivity contribution in [3.05, 3.63) is 17.5 Å². The second-order valence-corrected chi connectivity index (χ2v) is 5.79. The summed E-state index contributed by atoms with van der Waals surface area (Å²) in [6.07, 6.45) is 1.32. The third-order valence-corrected chi connectivity index (χ3v) is 2.55. The Labute approximate surface area is 144 Å². The summed E-state index contributed by atoms with van der Waals surface area (Å²) in [4.78, 5) is 8.10. The Hall–Kier alpha value is -0.0877. The fourth-order valence-electron chi connectivity index (χ4n) is 1.92. The van der Waals surface area contributed by atoms with Crippen LogP contribution in [0.4, 0.5) is 0 Å². The second kappa shape index (κ2) is 9.14. The van der Waals surface area contributed by atoms with Crippen LogP contribution in [0.15, 0.2) is 12.3 Å². The van der Waals surface area contributed by atoms with Crippen molar-refractivity contribution in [1.82, 2.24) is 9.97 Å². The van der Waals surface area contributed by atoms with Crippen LogP contribution >= 0.6 is 11.6 Å². The van der Waals surface area contributed by atoms with Crippen molar-refractivity contribution in [2.24, 2.45) is 0 Å². The van der Waals surface area contributed by atoms with E-state index in [1.807, 2.05) is 41.5 Å². The molecule has 0 bridgehead atoms. The molecule has 0 unspecified atom stereocenters. The summed E-state index contributed by atoms with van der Waals surface area (Å²) in [6, 6.07) is 1.71. The van der Waals surface area contributed by atoms with E-state index in [0.29, 0.717) is 5.59 Å². The average molecular weight is 309 g/mol. The number of rotatable bonds is 7. The van der Waals surface area contributed by atoms with Crippen LogP contribution in [-0.4, -0.2) is 35.0 Å². The minimum absolute atomic E-state index is 0. The molecule has 0 atom stereocenters. The van der Waals surface area contributed by atoms with Gasteiger partial charge in [0.05, 0.1) is 0 Å². The molecular weight excluding hydrogens is 285 g/mol. The first-order chi connectivity index (χ1) is 9.25. The van der Waals surface area contributed by atoms with Crippen molar-refractivity contribution in [2.45, 2.75) is 59.9 Å². The van der Waals surface area contributed by atoms with E-state index in [2.05, 4.69) is 9.97 Å². The van der Waals surface area contributed by atoms with Crippen molar-refractivity contribution >= 4 is 23.9 Å². The molecule has 1 aromatic rings. The summed E-state index contributed by atoms with van der Waals surface area (Å²) in [5.41, 5.74) is 0.515. The molecule has 0 spiro atoms. The molecule has 0 aliphatic rings. The molecule has 0 N–H and O–H groups in total. The van der Waals surface area contributed by atoms with E-state index < -0.39 is 6.75 Å². The molecule has 0 aromatic carbocycles. The van der Waals surface area contributed by atoms with Gasteiger partial charge in [-0.25, -0.2) is 4.98 Å². The summed E-state index contributed by atoms with van der Waals surface area (Å²) in [5.74, 6) is 0. The van der Waals surface area contributed by atoms with Crippen molar-refractivity contribution in [2.75, 3.05) is 0 Å². The number of hydrogen-bond acceptors (Lipinski definition) is 5. The summed E-state index contributed by atoms with van der Waals surface area (Å²) in [6.45, 7) is 9.37. The Balaban J connectivity index is 0.00000400. The summed E-state index contributed by atoms with van der Waals surface area (Å²) >= 11 is 5.88. The molecule has 0 aliphatic heterocycles. The first-order valence-corrected chi connectivity index (χ1v) is 7.28. The monoisotopic (exact) mass is 308 g/mol. The molecule has 1 aromatic heterocycles. The molecule has 0 radical (unpaired) electrons. The predicted octanol–water partition coefficient (Wildman–Crippen LogP) is -0.445. The van der Waals surface area contributed by atoms with E-state index in [4.69, 9.17) is 25.6 Å². The Morgan fingerprint density at radius 2 is 1.38 bits per heavy atom. The Morgan fingerprint density at radius 1 is 0.952 bits per heavy atom. The van der Waals surface area contributed by atoms with Gasteiger partial charge in [0.2, 0.25) is 5.28 Å². The first kappa shape index (κ1) is 20.9. The van der Waals surface area contributed by atoms with E-state index in [-0.39, 0.29) is 42.5 Å². The van der Waals surface area contributed by atoms with Crippen molar-refractivity contribution in [3.8, 4) is 0 Å². The van der Waals surface area contributed by atoms with Crippen molar-refractivity contribution < 1.29 is 32.8 Å². The molecule has 8 heteroatoms. The number of nitrogens with zero attached hydrogens (tertiary/aromatic N) is 2. The zero-order valence-electron chi connectivity index (χ0n) is 14.0. The van der Waals surface area contributed by atoms with Crippen LogP contribution in [0, 0.1) is 0 Å². The van der Waals surface area contributed by atoms with E-state index in [0.717, 1.165) is 0 Å². The van der Waals surface area contributed by atoms with Crippen LogP contribution in [0.2, 0.25) is 5.28 Å². The van der Waals surface area contributed by atoms with Gasteiger partial charge in [-0.05, 0) is 58.7 Å². The van der Waals surface area contributed by atoms with Gasteiger partial charge in [0.15, 0.2) is 0 Å². The largest absolute Gasteiger partial charge is 1.00 e. The minimum Gasteiger partial charge on any atom is -0.538 e.